The van der Waals surface area contributed by atoms with Gasteiger partial charge in [0.2, 0.25) is 0 Å². The number of rotatable bonds is 3. The minimum absolute atomic E-state index is 0.174. The first kappa shape index (κ1) is 12.6. The van der Waals surface area contributed by atoms with Crippen LogP contribution in [0.2, 0.25) is 0 Å². The standard InChI is InChI=1S/C11H11N5O3/c1-7-5-13-15(6-7)9-3-2-8(11(12)14-17)4-10(9)16(18)19/h2-6,17H,1H3,(H2,12,14). The van der Waals surface area contributed by atoms with Gasteiger partial charge in [-0.05, 0) is 24.6 Å². The van der Waals surface area contributed by atoms with Crippen molar-refractivity contribution in [3.8, 4) is 5.69 Å². The summed E-state index contributed by atoms with van der Waals surface area (Å²) in [7, 11) is 0. The van der Waals surface area contributed by atoms with Gasteiger partial charge >= 0.3 is 0 Å². The molecule has 0 spiro atoms. The second kappa shape index (κ2) is 4.77. The molecular formula is C11H11N5O3. The zero-order valence-corrected chi connectivity index (χ0v) is 10.0. The van der Waals surface area contributed by atoms with Gasteiger partial charge in [-0.25, -0.2) is 4.68 Å². The Morgan fingerprint density at radius 3 is 2.84 bits per heavy atom. The maximum Gasteiger partial charge on any atom is 0.295 e. The number of benzene rings is 1. The van der Waals surface area contributed by atoms with Crippen molar-refractivity contribution in [2.24, 2.45) is 10.9 Å². The Morgan fingerprint density at radius 2 is 2.32 bits per heavy atom. The molecule has 8 heteroatoms. The zero-order chi connectivity index (χ0) is 14.0. The normalized spacial score (nSPS) is 11.5. The van der Waals surface area contributed by atoms with Gasteiger partial charge in [0.1, 0.15) is 5.69 Å². The number of aromatic nitrogens is 2. The van der Waals surface area contributed by atoms with Gasteiger partial charge in [0.05, 0.1) is 11.1 Å². The number of hydrogen-bond acceptors (Lipinski definition) is 5. The van der Waals surface area contributed by atoms with Crippen LogP contribution in [0.15, 0.2) is 35.7 Å². The maximum absolute atomic E-state index is 11.1. The predicted octanol–water partition coefficient (Wildman–Crippen LogP) is 1.18. The van der Waals surface area contributed by atoms with E-state index in [4.69, 9.17) is 10.9 Å². The molecular weight excluding hydrogens is 250 g/mol. The molecule has 1 aromatic carbocycles. The topological polar surface area (TPSA) is 120 Å². The van der Waals surface area contributed by atoms with Crippen molar-refractivity contribution in [3.05, 3.63) is 51.8 Å². The summed E-state index contributed by atoms with van der Waals surface area (Å²) >= 11 is 0. The molecule has 0 bridgehead atoms. The molecule has 0 aliphatic carbocycles. The second-order valence-electron chi connectivity index (χ2n) is 3.91. The van der Waals surface area contributed by atoms with Gasteiger partial charge in [0, 0.05) is 17.8 Å². The lowest BCUT2D eigenvalue weighted by Crippen LogP contribution is -2.14. The first-order valence-corrected chi connectivity index (χ1v) is 5.31. The molecule has 98 valence electrons. The lowest BCUT2D eigenvalue weighted by Gasteiger charge is -2.05. The Morgan fingerprint density at radius 1 is 1.58 bits per heavy atom. The minimum Gasteiger partial charge on any atom is -0.409 e. The molecule has 2 rings (SSSR count). The van der Waals surface area contributed by atoms with E-state index in [1.54, 1.807) is 12.4 Å². The van der Waals surface area contributed by atoms with E-state index in [0.29, 0.717) is 5.69 Å². The second-order valence-corrected chi connectivity index (χ2v) is 3.91. The van der Waals surface area contributed by atoms with E-state index in [0.717, 1.165) is 5.56 Å². The van der Waals surface area contributed by atoms with Crippen LogP contribution in [0.3, 0.4) is 0 Å². The molecule has 0 aliphatic rings. The molecule has 0 atom stereocenters. The van der Waals surface area contributed by atoms with Crippen molar-refractivity contribution < 1.29 is 10.1 Å². The minimum atomic E-state index is -0.541. The monoisotopic (exact) mass is 261 g/mol. The van der Waals surface area contributed by atoms with Crippen molar-refractivity contribution >= 4 is 11.5 Å². The number of amidine groups is 1. The molecule has 0 fully saturated rings. The Balaban J connectivity index is 2.59. The summed E-state index contributed by atoms with van der Waals surface area (Å²) in [6.07, 6.45) is 3.27. The number of nitrogens with two attached hydrogens (primary N) is 1. The number of nitrogens with zero attached hydrogens (tertiary/aromatic N) is 4. The van der Waals surface area contributed by atoms with Gasteiger partial charge in [-0.15, -0.1) is 0 Å². The Labute approximate surface area is 107 Å². The highest BCUT2D eigenvalue weighted by molar-refractivity contribution is 5.98. The molecule has 0 radical (unpaired) electrons. The van der Waals surface area contributed by atoms with Gasteiger partial charge in [-0.1, -0.05) is 5.16 Å². The third-order valence-corrected chi connectivity index (χ3v) is 2.53. The van der Waals surface area contributed by atoms with Crippen LogP contribution < -0.4 is 5.73 Å². The van der Waals surface area contributed by atoms with Crippen LogP contribution in [0, 0.1) is 17.0 Å². The van der Waals surface area contributed by atoms with E-state index < -0.39 is 4.92 Å². The molecule has 19 heavy (non-hydrogen) atoms. The highest BCUT2D eigenvalue weighted by Crippen LogP contribution is 2.24. The lowest BCUT2D eigenvalue weighted by atomic mass is 10.1. The summed E-state index contributed by atoms with van der Waals surface area (Å²) in [4.78, 5) is 10.5. The molecule has 0 unspecified atom stereocenters. The number of hydrogen-bond donors (Lipinski definition) is 2. The van der Waals surface area contributed by atoms with Gasteiger partial charge in [0.25, 0.3) is 5.69 Å². The average Bonchev–Trinajstić information content (AvgIpc) is 2.83. The smallest absolute Gasteiger partial charge is 0.295 e. The summed E-state index contributed by atoms with van der Waals surface area (Å²) in [5.74, 6) is -0.189. The van der Waals surface area contributed by atoms with Gasteiger partial charge in [-0.3, -0.25) is 10.1 Å². The Kier molecular flexibility index (Phi) is 3.15. The Bertz CT molecular complexity index is 662. The molecule has 1 aromatic heterocycles. The molecule has 8 nitrogen and oxygen atoms in total. The molecule has 0 aliphatic heterocycles. The van der Waals surface area contributed by atoms with Crippen molar-refractivity contribution in [2.75, 3.05) is 0 Å². The first-order chi connectivity index (χ1) is 9.02. The van der Waals surface area contributed by atoms with Crippen LogP contribution in [-0.4, -0.2) is 25.7 Å². The van der Waals surface area contributed by atoms with Crippen LogP contribution in [0.5, 0.6) is 0 Å². The van der Waals surface area contributed by atoms with E-state index in [-0.39, 0.29) is 17.1 Å². The van der Waals surface area contributed by atoms with Crippen molar-refractivity contribution in [1.29, 1.82) is 0 Å². The molecule has 0 saturated heterocycles. The fraction of sp³-hybridized carbons (Fsp3) is 0.0909. The number of nitro groups is 1. The van der Waals surface area contributed by atoms with Gasteiger partial charge in [-0.2, -0.15) is 5.10 Å². The van der Waals surface area contributed by atoms with E-state index in [1.807, 2.05) is 6.92 Å². The Hall–Kier alpha value is -2.90. The quantitative estimate of drug-likeness (QED) is 0.282. The zero-order valence-electron chi connectivity index (χ0n) is 10.0. The highest BCUT2D eigenvalue weighted by atomic mass is 16.6. The molecule has 0 amide bonds. The number of oxime groups is 1. The first-order valence-electron chi connectivity index (χ1n) is 5.31. The molecule has 2 aromatic rings. The largest absolute Gasteiger partial charge is 0.409 e. The van der Waals surface area contributed by atoms with Gasteiger partial charge < -0.3 is 10.9 Å². The molecule has 3 N–H and O–H groups in total. The van der Waals surface area contributed by atoms with Crippen LogP contribution >= 0.6 is 0 Å². The SMILES string of the molecule is Cc1cnn(-c2ccc(C(N)=NO)cc2[N+](=O)[O-])c1. The number of nitro benzene ring substituents is 1. The predicted molar refractivity (Wildman–Crippen MR) is 67.5 cm³/mol. The third-order valence-electron chi connectivity index (χ3n) is 2.53. The van der Waals surface area contributed by atoms with Crippen molar-refractivity contribution in [1.82, 2.24) is 9.78 Å². The van der Waals surface area contributed by atoms with Crippen molar-refractivity contribution in [2.45, 2.75) is 6.92 Å². The van der Waals surface area contributed by atoms with Crippen molar-refractivity contribution in [3.63, 3.8) is 0 Å². The van der Waals surface area contributed by atoms with E-state index in [2.05, 4.69) is 10.3 Å². The van der Waals surface area contributed by atoms with E-state index in [1.165, 1.54) is 22.9 Å². The molecule has 0 saturated carbocycles. The average molecular weight is 261 g/mol. The van der Waals surface area contributed by atoms with Gasteiger partial charge in [0.15, 0.2) is 5.84 Å². The number of aryl methyl sites for hydroxylation is 1. The van der Waals surface area contributed by atoms with Crippen LogP contribution in [0.25, 0.3) is 5.69 Å². The van der Waals surface area contributed by atoms with Crippen LogP contribution in [0.4, 0.5) is 5.69 Å². The summed E-state index contributed by atoms with van der Waals surface area (Å²) in [5.41, 5.74) is 6.70. The van der Waals surface area contributed by atoms with E-state index in [9.17, 15) is 10.1 Å². The summed E-state index contributed by atoms with van der Waals surface area (Å²) in [6, 6.07) is 4.26. The third kappa shape index (κ3) is 2.37. The fourth-order valence-electron chi connectivity index (χ4n) is 1.63. The van der Waals surface area contributed by atoms with E-state index >= 15 is 0 Å². The molecule has 1 heterocycles. The summed E-state index contributed by atoms with van der Waals surface area (Å²) in [6.45, 7) is 1.83. The summed E-state index contributed by atoms with van der Waals surface area (Å²) < 4.78 is 1.41. The van der Waals surface area contributed by atoms with Crippen LogP contribution in [0.1, 0.15) is 11.1 Å². The lowest BCUT2D eigenvalue weighted by molar-refractivity contribution is -0.384. The maximum atomic E-state index is 11.1. The fourth-order valence-corrected chi connectivity index (χ4v) is 1.63. The highest BCUT2D eigenvalue weighted by Gasteiger charge is 2.18. The van der Waals surface area contributed by atoms with Crippen LogP contribution in [-0.2, 0) is 0 Å². The summed E-state index contributed by atoms with van der Waals surface area (Å²) in [5, 5.41) is 26.5.